The van der Waals surface area contributed by atoms with E-state index in [2.05, 4.69) is 11.8 Å². The van der Waals surface area contributed by atoms with Crippen molar-refractivity contribution in [1.82, 2.24) is 9.80 Å². The Balaban J connectivity index is 1.73. The fourth-order valence-corrected chi connectivity index (χ4v) is 3.20. The summed E-state index contributed by atoms with van der Waals surface area (Å²) in [5.74, 6) is 1.15. The third-order valence-electron chi connectivity index (χ3n) is 4.55. The molecule has 0 radical (unpaired) electrons. The number of carbonyl (C=O) groups excluding carboxylic acids is 1. The zero-order valence-corrected chi connectivity index (χ0v) is 12.3. The lowest BCUT2D eigenvalue weighted by molar-refractivity contribution is -0.136. The van der Waals surface area contributed by atoms with Gasteiger partial charge in [-0.3, -0.25) is 9.69 Å². The maximum absolute atomic E-state index is 12.2. The number of nitrogens with zero attached hydrogens (tertiary/aromatic N) is 2. The lowest BCUT2D eigenvalue weighted by Crippen LogP contribution is -2.55. The molecule has 110 valence electrons. The van der Waals surface area contributed by atoms with Crippen molar-refractivity contribution >= 4 is 5.91 Å². The molecule has 0 aromatic carbocycles. The highest BCUT2D eigenvalue weighted by molar-refractivity contribution is 5.76. The minimum atomic E-state index is -0.284. The normalized spacial score (nSPS) is 27.1. The fraction of sp³-hybridized carbons (Fsp3) is 0.933. The summed E-state index contributed by atoms with van der Waals surface area (Å²) in [5, 5.41) is 9.42. The minimum absolute atomic E-state index is 0.279. The highest BCUT2D eigenvalue weighted by atomic mass is 16.3. The Morgan fingerprint density at radius 1 is 1.37 bits per heavy atom. The molecule has 19 heavy (non-hydrogen) atoms. The lowest BCUT2D eigenvalue weighted by atomic mass is 9.82. The number of hydrogen-bond donors (Lipinski definition) is 1. The average molecular weight is 268 g/mol. The topological polar surface area (TPSA) is 43.8 Å². The molecule has 0 unspecified atom stereocenters. The van der Waals surface area contributed by atoms with Crippen LogP contribution >= 0.6 is 0 Å². The second kappa shape index (κ2) is 6.71. The monoisotopic (exact) mass is 268 g/mol. The summed E-state index contributed by atoms with van der Waals surface area (Å²) in [7, 11) is 0. The third-order valence-corrected chi connectivity index (χ3v) is 4.55. The van der Waals surface area contributed by atoms with E-state index in [-0.39, 0.29) is 12.1 Å². The van der Waals surface area contributed by atoms with Gasteiger partial charge in [-0.1, -0.05) is 19.3 Å². The summed E-state index contributed by atoms with van der Waals surface area (Å²) in [5.41, 5.74) is 0. The van der Waals surface area contributed by atoms with Crippen molar-refractivity contribution in [3.63, 3.8) is 0 Å². The quantitative estimate of drug-likeness (QED) is 0.821. The summed E-state index contributed by atoms with van der Waals surface area (Å²) in [6.45, 7) is 7.26. The van der Waals surface area contributed by atoms with Gasteiger partial charge in [0.2, 0.25) is 5.91 Å². The minimum Gasteiger partial charge on any atom is -0.392 e. The summed E-state index contributed by atoms with van der Waals surface area (Å²) in [4.78, 5) is 16.5. The van der Waals surface area contributed by atoms with Crippen LogP contribution in [0, 0.1) is 5.92 Å². The second-order valence-electron chi connectivity index (χ2n) is 6.38. The van der Waals surface area contributed by atoms with Crippen LogP contribution in [0.2, 0.25) is 0 Å². The summed E-state index contributed by atoms with van der Waals surface area (Å²) < 4.78 is 0. The van der Waals surface area contributed by atoms with Crippen LogP contribution in [-0.4, -0.2) is 59.1 Å². The van der Waals surface area contributed by atoms with Crippen LogP contribution in [0.5, 0.6) is 0 Å². The molecule has 0 aromatic heterocycles. The molecule has 1 heterocycles. The zero-order chi connectivity index (χ0) is 13.8. The van der Waals surface area contributed by atoms with Crippen molar-refractivity contribution in [3.8, 4) is 0 Å². The smallest absolute Gasteiger partial charge is 0.222 e. The van der Waals surface area contributed by atoms with E-state index in [1.165, 1.54) is 19.3 Å². The van der Waals surface area contributed by atoms with Gasteiger partial charge in [0.1, 0.15) is 0 Å². The van der Waals surface area contributed by atoms with E-state index in [1.807, 2.05) is 11.8 Å². The molecule has 2 rings (SSSR count). The molecule has 2 aliphatic rings. The first-order chi connectivity index (χ1) is 9.06. The highest BCUT2D eigenvalue weighted by Crippen LogP contribution is 2.30. The van der Waals surface area contributed by atoms with E-state index in [0.717, 1.165) is 38.4 Å². The van der Waals surface area contributed by atoms with Crippen molar-refractivity contribution in [1.29, 1.82) is 0 Å². The van der Waals surface area contributed by atoms with Crippen LogP contribution in [0.4, 0.5) is 0 Å². The first kappa shape index (κ1) is 14.8. The SMILES string of the molecule is C[C@@H]1CN(C[C@@H](C)O)CCN1C(=O)CCC1CCC1. The number of rotatable bonds is 5. The van der Waals surface area contributed by atoms with Crippen molar-refractivity contribution in [2.24, 2.45) is 5.92 Å². The molecule has 2 atom stereocenters. The molecule has 0 bridgehead atoms. The van der Waals surface area contributed by atoms with Crippen LogP contribution < -0.4 is 0 Å². The van der Waals surface area contributed by atoms with Crippen LogP contribution in [0.25, 0.3) is 0 Å². The van der Waals surface area contributed by atoms with Crippen LogP contribution in [-0.2, 0) is 4.79 Å². The Morgan fingerprint density at radius 2 is 2.11 bits per heavy atom. The maximum Gasteiger partial charge on any atom is 0.222 e. The van der Waals surface area contributed by atoms with Gasteiger partial charge in [0, 0.05) is 38.6 Å². The fourth-order valence-electron chi connectivity index (χ4n) is 3.20. The van der Waals surface area contributed by atoms with Gasteiger partial charge in [0.05, 0.1) is 6.10 Å². The number of aliphatic hydroxyl groups excluding tert-OH is 1. The van der Waals surface area contributed by atoms with E-state index in [0.29, 0.717) is 12.5 Å². The number of β-amino-alcohol motifs (C(OH)–C–C–N with tert-alkyl or cyclic N) is 1. The van der Waals surface area contributed by atoms with E-state index in [4.69, 9.17) is 0 Å². The van der Waals surface area contributed by atoms with E-state index in [1.54, 1.807) is 0 Å². The van der Waals surface area contributed by atoms with Crippen LogP contribution in [0.3, 0.4) is 0 Å². The molecule has 1 amide bonds. The Bertz CT molecular complexity index is 303. The van der Waals surface area contributed by atoms with Gasteiger partial charge < -0.3 is 10.0 Å². The first-order valence-electron chi connectivity index (χ1n) is 7.76. The van der Waals surface area contributed by atoms with Gasteiger partial charge in [-0.15, -0.1) is 0 Å². The van der Waals surface area contributed by atoms with E-state index < -0.39 is 0 Å². The van der Waals surface area contributed by atoms with Gasteiger partial charge >= 0.3 is 0 Å². The molecule has 1 N–H and O–H groups in total. The standard InChI is InChI=1S/C15H28N2O2/c1-12-10-16(11-13(2)18)8-9-17(12)15(19)7-6-14-4-3-5-14/h12-14,18H,3-11H2,1-2H3/t12-,13-/m1/s1. The molecule has 2 fully saturated rings. The van der Waals surface area contributed by atoms with Crippen molar-refractivity contribution < 1.29 is 9.90 Å². The summed E-state index contributed by atoms with van der Waals surface area (Å²) in [6, 6.07) is 0.279. The molecule has 0 spiro atoms. The van der Waals surface area contributed by atoms with Gasteiger partial charge in [-0.2, -0.15) is 0 Å². The molecule has 1 aliphatic heterocycles. The third kappa shape index (κ3) is 4.18. The average Bonchev–Trinajstić information content (AvgIpc) is 2.25. The van der Waals surface area contributed by atoms with Crippen LogP contribution in [0.1, 0.15) is 46.0 Å². The molecule has 0 aromatic rings. The summed E-state index contributed by atoms with van der Waals surface area (Å²) >= 11 is 0. The van der Waals surface area contributed by atoms with Gasteiger partial charge in [0.15, 0.2) is 0 Å². The Hall–Kier alpha value is -0.610. The maximum atomic E-state index is 12.2. The predicted octanol–water partition coefficient (Wildman–Crippen LogP) is 1.48. The zero-order valence-electron chi connectivity index (χ0n) is 12.3. The molecular weight excluding hydrogens is 240 g/mol. The van der Waals surface area contributed by atoms with Crippen LogP contribution in [0.15, 0.2) is 0 Å². The Kier molecular flexibility index (Phi) is 5.22. The molecular formula is C15H28N2O2. The number of carbonyl (C=O) groups is 1. The van der Waals surface area contributed by atoms with Gasteiger partial charge in [0.25, 0.3) is 0 Å². The first-order valence-corrected chi connectivity index (χ1v) is 7.76. The number of amides is 1. The van der Waals surface area contributed by atoms with Gasteiger partial charge in [-0.25, -0.2) is 0 Å². The number of aliphatic hydroxyl groups is 1. The molecule has 4 nitrogen and oxygen atoms in total. The number of hydrogen-bond acceptors (Lipinski definition) is 3. The molecule has 1 aliphatic carbocycles. The number of piperazine rings is 1. The Morgan fingerprint density at radius 3 is 2.63 bits per heavy atom. The van der Waals surface area contributed by atoms with E-state index >= 15 is 0 Å². The van der Waals surface area contributed by atoms with Crippen molar-refractivity contribution in [3.05, 3.63) is 0 Å². The molecule has 4 heteroatoms. The predicted molar refractivity (Wildman–Crippen MR) is 75.9 cm³/mol. The lowest BCUT2D eigenvalue weighted by Gasteiger charge is -2.40. The highest BCUT2D eigenvalue weighted by Gasteiger charge is 2.28. The largest absolute Gasteiger partial charge is 0.392 e. The van der Waals surface area contributed by atoms with Crippen molar-refractivity contribution in [2.45, 2.75) is 58.1 Å². The van der Waals surface area contributed by atoms with Crippen molar-refractivity contribution in [2.75, 3.05) is 26.2 Å². The Labute approximate surface area is 116 Å². The van der Waals surface area contributed by atoms with Gasteiger partial charge in [-0.05, 0) is 26.2 Å². The summed E-state index contributed by atoms with van der Waals surface area (Å²) in [6.07, 6.45) is 5.53. The second-order valence-corrected chi connectivity index (χ2v) is 6.38. The van der Waals surface area contributed by atoms with E-state index in [9.17, 15) is 9.90 Å². The molecule has 1 saturated carbocycles. The molecule has 1 saturated heterocycles.